The van der Waals surface area contributed by atoms with E-state index in [-0.39, 0.29) is 5.91 Å². The van der Waals surface area contributed by atoms with E-state index in [2.05, 4.69) is 5.32 Å². The van der Waals surface area contributed by atoms with Gasteiger partial charge in [-0.2, -0.15) is 0 Å². The number of aliphatic hydroxyl groups excluding tert-OH is 1. The summed E-state index contributed by atoms with van der Waals surface area (Å²) < 4.78 is 0. The molecule has 2 unspecified atom stereocenters. The van der Waals surface area contributed by atoms with Crippen LogP contribution in [0, 0.1) is 5.92 Å². The van der Waals surface area contributed by atoms with Crippen molar-refractivity contribution < 1.29 is 9.90 Å². The zero-order valence-electron chi connectivity index (χ0n) is 12.4. The van der Waals surface area contributed by atoms with Crippen LogP contribution in [0.15, 0.2) is 30.3 Å². The minimum Gasteiger partial charge on any atom is -0.378 e. The van der Waals surface area contributed by atoms with Crippen molar-refractivity contribution in [3.8, 4) is 0 Å². The highest BCUT2D eigenvalue weighted by Crippen LogP contribution is 2.31. The van der Waals surface area contributed by atoms with Crippen molar-refractivity contribution in [2.24, 2.45) is 5.92 Å². The van der Waals surface area contributed by atoms with Crippen LogP contribution < -0.4 is 5.32 Å². The molecule has 21 heavy (non-hydrogen) atoms. The molecule has 1 saturated carbocycles. The second-order valence-corrected chi connectivity index (χ2v) is 6.29. The normalized spacial score (nSPS) is 23.0. The SMILES string of the molecule is O=C(C(O)c1ccccc1)N(CC1CC1)CC1CCCN1. The summed E-state index contributed by atoms with van der Waals surface area (Å²) in [5.74, 6) is 0.486. The monoisotopic (exact) mass is 288 g/mol. The number of hydrogen-bond donors (Lipinski definition) is 2. The van der Waals surface area contributed by atoms with Crippen LogP contribution in [0.2, 0.25) is 0 Å². The number of rotatable bonds is 6. The molecule has 1 saturated heterocycles. The molecule has 1 heterocycles. The van der Waals surface area contributed by atoms with E-state index < -0.39 is 6.10 Å². The second-order valence-electron chi connectivity index (χ2n) is 6.29. The maximum absolute atomic E-state index is 12.6. The van der Waals surface area contributed by atoms with Gasteiger partial charge in [-0.05, 0) is 43.7 Å². The Balaban J connectivity index is 1.66. The number of amides is 1. The predicted octanol–water partition coefficient (Wildman–Crippen LogP) is 1.71. The molecule has 2 atom stereocenters. The Morgan fingerprint density at radius 2 is 2.00 bits per heavy atom. The van der Waals surface area contributed by atoms with Crippen LogP contribution in [-0.2, 0) is 4.79 Å². The molecular weight excluding hydrogens is 264 g/mol. The summed E-state index contributed by atoms with van der Waals surface area (Å²) in [6, 6.07) is 9.61. The van der Waals surface area contributed by atoms with Crippen molar-refractivity contribution in [1.29, 1.82) is 0 Å². The van der Waals surface area contributed by atoms with Gasteiger partial charge in [-0.3, -0.25) is 4.79 Å². The van der Waals surface area contributed by atoms with Gasteiger partial charge in [0.2, 0.25) is 0 Å². The quantitative estimate of drug-likeness (QED) is 0.838. The molecule has 114 valence electrons. The molecule has 3 rings (SSSR count). The van der Waals surface area contributed by atoms with Crippen LogP contribution in [0.4, 0.5) is 0 Å². The second kappa shape index (κ2) is 6.58. The van der Waals surface area contributed by atoms with Gasteiger partial charge in [0.05, 0.1) is 0 Å². The van der Waals surface area contributed by atoms with E-state index in [1.165, 1.54) is 19.3 Å². The Labute approximate surface area is 126 Å². The average Bonchev–Trinajstić information content (AvgIpc) is 3.19. The van der Waals surface area contributed by atoms with Crippen LogP contribution >= 0.6 is 0 Å². The molecule has 2 fully saturated rings. The molecule has 0 bridgehead atoms. The zero-order chi connectivity index (χ0) is 14.7. The number of nitrogens with zero attached hydrogens (tertiary/aromatic N) is 1. The minimum absolute atomic E-state index is 0.151. The summed E-state index contributed by atoms with van der Waals surface area (Å²) in [5.41, 5.74) is 0.683. The van der Waals surface area contributed by atoms with E-state index >= 15 is 0 Å². The first-order valence-corrected chi connectivity index (χ1v) is 7.99. The van der Waals surface area contributed by atoms with Crippen LogP contribution in [0.5, 0.6) is 0 Å². The summed E-state index contributed by atoms with van der Waals surface area (Å²) in [4.78, 5) is 14.5. The van der Waals surface area contributed by atoms with Crippen molar-refractivity contribution in [1.82, 2.24) is 10.2 Å². The lowest BCUT2D eigenvalue weighted by Crippen LogP contribution is -2.44. The Bertz CT molecular complexity index is 467. The summed E-state index contributed by atoms with van der Waals surface area (Å²) in [6.45, 7) is 2.55. The van der Waals surface area contributed by atoms with Crippen molar-refractivity contribution >= 4 is 5.91 Å². The lowest BCUT2D eigenvalue weighted by molar-refractivity contribution is -0.141. The van der Waals surface area contributed by atoms with E-state index in [1.807, 2.05) is 35.2 Å². The average molecular weight is 288 g/mol. The van der Waals surface area contributed by atoms with Crippen LogP contribution in [0.25, 0.3) is 0 Å². The third-order valence-electron chi connectivity index (χ3n) is 4.44. The number of aliphatic hydroxyl groups is 1. The fourth-order valence-electron chi connectivity index (χ4n) is 3.00. The van der Waals surface area contributed by atoms with E-state index in [4.69, 9.17) is 0 Å². The molecule has 1 aromatic rings. The van der Waals surface area contributed by atoms with Gasteiger partial charge in [0.15, 0.2) is 6.10 Å². The zero-order valence-corrected chi connectivity index (χ0v) is 12.4. The third kappa shape index (κ3) is 3.83. The van der Waals surface area contributed by atoms with E-state index in [9.17, 15) is 9.90 Å². The third-order valence-corrected chi connectivity index (χ3v) is 4.44. The maximum Gasteiger partial charge on any atom is 0.256 e. The van der Waals surface area contributed by atoms with Crippen molar-refractivity contribution in [2.75, 3.05) is 19.6 Å². The smallest absolute Gasteiger partial charge is 0.256 e. The molecule has 2 N–H and O–H groups in total. The lowest BCUT2D eigenvalue weighted by atomic mass is 10.1. The van der Waals surface area contributed by atoms with Crippen LogP contribution in [0.3, 0.4) is 0 Å². The van der Waals surface area contributed by atoms with Gasteiger partial charge >= 0.3 is 0 Å². The Morgan fingerprint density at radius 1 is 1.24 bits per heavy atom. The number of hydrogen-bond acceptors (Lipinski definition) is 3. The van der Waals surface area contributed by atoms with Crippen molar-refractivity contribution in [3.05, 3.63) is 35.9 Å². The standard InChI is InChI=1S/C17H24N2O2/c20-16(14-5-2-1-3-6-14)17(21)19(11-13-8-9-13)12-15-7-4-10-18-15/h1-3,5-6,13,15-16,18,20H,4,7-12H2. The molecule has 1 amide bonds. The lowest BCUT2D eigenvalue weighted by Gasteiger charge is -2.28. The van der Waals surface area contributed by atoms with Gasteiger partial charge in [0.1, 0.15) is 0 Å². The first kappa shape index (κ1) is 14.5. The predicted molar refractivity (Wildman–Crippen MR) is 81.7 cm³/mol. The molecule has 1 aliphatic heterocycles. The molecule has 2 aliphatic rings. The highest BCUT2D eigenvalue weighted by molar-refractivity contribution is 5.82. The molecule has 0 aromatic heterocycles. The highest BCUT2D eigenvalue weighted by Gasteiger charge is 2.32. The number of carbonyl (C=O) groups is 1. The maximum atomic E-state index is 12.6. The van der Waals surface area contributed by atoms with Gasteiger partial charge < -0.3 is 15.3 Å². The number of benzene rings is 1. The summed E-state index contributed by atoms with van der Waals surface area (Å²) in [7, 11) is 0. The molecule has 1 aromatic carbocycles. The Kier molecular flexibility index (Phi) is 4.56. The van der Waals surface area contributed by atoms with Crippen LogP contribution in [0.1, 0.15) is 37.4 Å². The number of carbonyl (C=O) groups excluding carboxylic acids is 1. The first-order valence-electron chi connectivity index (χ1n) is 7.99. The molecule has 4 heteroatoms. The van der Waals surface area contributed by atoms with Crippen LogP contribution in [-0.4, -0.2) is 41.6 Å². The van der Waals surface area contributed by atoms with Gasteiger partial charge in [-0.25, -0.2) is 0 Å². The fraction of sp³-hybridized carbons (Fsp3) is 0.588. The summed E-state index contributed by atoms with van der Waals surface area (Å²) in [5, 5.41) is 13.8. The van der Waals surface area contributed by atoms with Gasteiger partial charge in [0.25, 0.3) is 5.91 Å². The fourth-order valence-corrected chi connectivity index (χ4v) is 3.00. The van der Waals surface area contributed by atoms with Crippen molar-refractivity contribution in [3.63, 3.8) is 0 Å². The summed E-state index contributed by atoms with van der Waals surface area (Å²) in [6.07, 6.45) is 3.69. The van der Waals surface area contributed by atoms with E-state index in [0.717, 1.165) is 26.1 Å². The molecule has 4 nitrogen and oxygen atoms in total. The highest BCUT2D eigenvalue weighted by atomic mass is 16.3. The van der Waals surface area contributed by atoms with Gasteiger partial charge in [0, 0.05) is 19.1 Å². The summed E-state index contributed by atoms with van der Waals surface area (Å²) >= 11 is 0. The van der Waals surface area contributed by atoms with Gasteiger partial charge in [-0.15, -0.1) is 0 Å². The van der Waals surface area contributed by atoms with E-state index in [1.54, 1.807) is 0 Å². The minimum atomic E-state index is -1.04. The molecular formula is C17H24N2O2. The van der Waals surface area contributed by atoms with Gasteiger partial charge in [-0.1, -0.05) is 30.3 Å². The Morgan fingerprint density at radius 3 is 2.62 bits per heavy atom. The number of nitrogens with one attached hydrogen (secondary N) is 1. The molecule has 0 spiro atoms. The molecule has 0 radical (unpaired) electrons. The van der Waals surface area contributed by atoms with Crippen molar-refractivity contribution in [2.45, 2.75) is 37.8 Å². The Hall–Kier alpha value is -1.39. The largest absolute Gasteiger partial charge is 0.378 e. The first-order chi connectivity index (χ1) is 10.2. The topological polar surface area (TPSA) is 52.6 Å². The van der Waals surface area contributed by atoms with E-state index in [0.29, 0.717) is 17.5 Å². The molecule has 1 aliphatic carbocycles.